The second kappa shape index (κ2) is 11.8. The van der Waals surface area contributed by atoms with Crippen molar-refractivity contribution >= 4 is 33.4 Å². The van der Waals surface area contributed by atoms with Crippen LogP contribution in [0, 0.1) is 0 Å². The highest BCUT2D eigenvalue weighted by molar-refractivity contribution is 7.89. The van der Waals surface area contributed by atoms with Crippen LogP contribution < -0.4 is 15.4 Å². The molecule has 0 aromatic heterocycles. The second-order valence-corrected chi connectivity index (χ2v) is 9.44. The molecule has 10 heteroatoms. The Labute approximate surface area is 193 Å². The van der Waals surface area contributed by atoms with Crippen molar-refractivity contribution in [2.24, 2.45) is 0 Å². The summed E-state index contributed by atoms with van der Waals surface area (Å²) in [6.07, 6.45) is 3.39. The van der Waals surface area contributed by atoms with E-state index in [9.17, 15) is 18.0 Å². The van der Waals surface area contributed by atoms with E-state index in [4.69, 9.17) is 9.47 Å². The summed E-state index contributed by atoms with van der Waals surface area (Å²) in [5, 5.41) is 5.25. The number of nitrogens with one attached hydrogen (secondary N) is 3. The van der Waals surface area contributed by atoms with Gasteiger partial charge in [-0.3, -0.25) is 10.1 Å². The lowest BCUT2D eigenvalue weighted by Gasteiger charge is -2.16. The van der Waals surface area contributed by atoms with E-state index in [2.05, 4.69) is 15.4 Å². The largest absolute Gasteiger partial charge is 0.447 e. The average Bonchev–Trinajstić information content (AvgIpc) is 2.79. The molecule has 2 aromatic carbocycles. The van der Waals surface area contributed by atoms with Crippen LogP contribution >= 0.6 is 0 Å². The van der Waals surface area contributed by atoms with Gasteiger partial charge in [0.25, 0.3) is 0 Å². The first-order valence-electron chi connectivity index (χ1n) is 10.8. The van der Waals surface area contributed by atoms with Gasteiger partial charge >= 0.3 is 6.09 Å². The van der Waals surface area contributed by atoms with Gasteiger partial charge in [0, 0.05) is 31.5 Å². The number of fused-ring (bicyclic) bond motifs is 1. The smallest absolute Gasteiger partial charge is 0.411 e. The summed E-state index contributed by atoms with van der Waals surface area (Å²) >= 11 is 0. The van der Waals surface area contributed by atoms with Crippen molar-refractivity contribution < 1.29 is 27.5 Å². The van der Waals surface area contributed by atoms with E-state index in [1.807, 2.05) is 6.07 Å². The maximum absolute atomic E-state index is 12.6. The Morgan fingerprint density at radius 2 is 1.67 bits per heavy atom. The van der Waals surface area contributed by atoms with Crippen molar-refractivity contribution in [2.45, 2.75) is 37.0 Å². The third-order valence-electron chi connectivity index (χ3n) is 5.19. The Hall–Kier alpha value is -2.95. The molecule has 178 valence electrons. The lowest BCUT2D eigenvalue weighted by molar-refractivity contribution is -0.116. The summed E-state index contributed by atoms with van der Waals surface area (Å²) in [4.78, 5) is 24.2. The minimum Gasteiger partial charge on any atom is -0.447 e. The molecule has 0 radical (unpaired) electrons. The van der Waals surface area contributed by atoms with Crippen LogP contribution in [0.3, 0.4) is 0 Å². The van der Waals surface area contributed by atoms with E-state index in [-0.39, 0.29) is 30.4 Å². The Morgan fingerprint density at radius 3 is 2.42 bits per heavy atom. The molecule has 0 bridgehead atoms. The first-order chi connectivity index (χ1) is 15.9. The average molecular weight is 476 g/mol. The summed E-state index contributed by atoms with van der Waals surface area (Å²) in [6, 6.07) is 11.8. The zero-order valence-electron chi connectivity index (χ0n) is 18.6. The highest BCUT2D eigenvalue weighted by atomic mass is 32.2. The number of sulfonamides is 1. The van der Waals surface area contributed by atoms with Crippen LogP contribution in [-0.4, -0.2) is 47.3 Å². The van der Waals surface area contributed by atoms with Crippen LogP contribution in [-0.2, 0) is 37.1 Å². The van der Waals surface area contributed by atoms with Gasteiger partial charge in [-0.05, 0) is 67.1 Å². The van der Waals surface area contributed by atoms with Gasteiger partial charge in [-0.2, -0.15) is 0 Å². The number of anilines is 2. The SMILES string of the molecule is COCCOC(=O)Nc1cccc(NC(=O)CCNS(=O)(=O)c2ccc3c(c2)CCCC3)c1. The van der Waals surface area contributed by atoms with E-state index >= 15 is 0 Å². The molecule has 33 heavy (non-hydrogen) atoms. The third kappa shape index (κ3) is 7.55. The van der Waals surface area contributed by atoms with E-state index in [1.165, 1.54) is 12.7 Å². The van der Waals surface area contributed by atoms with E-state index in [0.29, 0.717) is 18.0 Å². The predicted molar refractivity (Wildman–Crippen MR) is 125 cm³/mol. The molecular formula is C23H29N3O6S. The van der Waals surface area contributed by atoms with Crippen molar-refractivity contribution in [1.29, 1.82) is 0 Å². The molecule has 3 rings (SSSR count). The summed E-state index contributed by atoms with van der Waals surface area (Å²) in [7, 11) is -2.19. The molecule has 0 fully saturated rings. The van der Waals surface area contributed by atoms with Gasteiger partial charge in [-0.1, -0.05) is 12.1 Å². The minimum absolute atomic E-state index is 0.0327. The van der Waals surface area contributed by atoms with Crippen molar-refractivity contribution in [3.05, 3.63) is 53.6 Å². The van der Waals surface area contributed by atoms with E-state index < -0.39 is 16.1 Å². The van der Waals surface area contributed by atoms with Crippen LogP contribution in [0.2, 0.25) is 0 Å². The quantitative estimate of drug-likeness (QED) is 0.454. The highest BCUT2D eigenvalue weighted by Crippen LogP contribution is 2.24. The zero-order valence-corrected chi connectivity index (χ0v) is 19.4. The number of hydrogen-bond donors (Lipinski definition) is 3. The Morgan fingerprint density at radius 1 is 0.939 bits per heavy atom. The van der Waals surface area contributed by atoms with Crippen molar-refractivity contribution in [1.82, 2.24) is 4.72 Å². The van der Waals surface area contributed by atoms with Crippen molar-refractivity contribution in [3.8, 4) is 0 Å². The molecule has 3 N–H and O–H groups in total. The van der Waals surface area contributed by atoms with Crippen LogP contribution in [0.15, 0.2) is 47.4 Å². The Kier molecular flexibility index (Phi) is 8.81. The summed E-state index contributed by atoms with van der Waals surface area (Å²) in [6.45, 7) is 0.384. The fourth-order valence-corrected chi connectivity index (χ4v) is 4.61. The number of carbonyl (C=O) groups is 2. The molecule has 2 aromatic rings. The molecule has 0 unspecified atom stereocenters. The van der Waals surface area contributed by atoms with Gasteiger partial charge in [0.1, 0.15) is 6.61 Å². The molecule has 2 amide bonds. The zero-order chi connectivity index (χ0) is 23.7. The molecule has 0 atom stereocenters. The lowest BCUT2D eigenvalue weighted by Crippen LogP contribution is -2.28. The van der Waals surface area contributed by atoms with Gasteiger partial charge in [0.15, 0.2) is 0 Å². The van der Waals surface area contributed by atoms with Crippen LogP contribution in [0.5, 0.6) is 0 Å². The second-order valence-electron chi connectivity index (χ2n) is 7.67. The Bertz CT molecular complexity index is 1090. The Balaban J connectivity index is 1.48. The molecule has 0 heterocycles. The van der Waals surface area contributed by atoms with Gasteiger partial charge in [0.05, 0.1) is 11.5 Å². The number of carbonyl (C=O) groups excluding carboxylic acids is 2. The number of methoxy groups -OCH3 is 1. The normalized spacial score (nSPS) is 13.1. The van der Waals surface area contributed by atoms with Crippen molar-refractivity contribution in [3.63, 3.8) is 0 Å². The molecule has 0 spiro atoms. The van der Waals surface area contributed by atoms with Gasteiger partial charge in [-0.15, -0.1) is 0 Å². The summed E-state index contributed by atoms with van der Waals surface area (Å²) in [5.74, 6) is -0.358. The van der Waals surface area contributed by atoms with Crippen LogP contribution in [0.1, 0.15) is 30.4 Å². The van der Waals surface area contributed by atoms with E-state index in [0.717, 1.165) is 31.2 Å². The standard InChI is InChI=1S/C23H29N3O6S/c1-31-13-14-32-23(28)26-20-8-4-7-19(16-20)25-22(27)11-12-24-33(29,30)21-10-9-17-5-2-3-6-18(17)15-21/h4,7-10,15-16,24H,2-3,5-6,11-14H2,1H3,(H,25,27)(H,26,28). The minimum atomic E-state index is -3.69. The van der Waals surface area contributed by atoms with Gasteiger partial charge in [0.2, 0.25) is 15.9 Å². The lowest BCUT2D eigenvalue weighted by atomic mass is 9.92. The van der Waals surface area contributed by atoms with Gasteiger partial charge in [-0.25, -0.2) is 17.9 Å². The summed E-state index contributed by atoms with van der Waals surface area (Å²) in [5.41, 5.74) is 3.20. The monoisotopic (exact) mass is 475 g/mol. The predicted octanol–water partition coefficient (Wildman–Crippen LogP) is 3.07. The van der Waals surface area contributed by atoms with Gasteiger partial charge < -0.3 is 14.8 Å². The van der Waals surface area contributed by atoms with Crippen LogP contribution in [0.4, 0.5) is 16.2 Å². The number of ether oxygens (including phenoxy) is 2. The van der Waals surface area contributed by atoms with E-state index in [1.54, 1.807) is 36.4 Å². The van der Waals surface area contributed by atoms with Crippen molar-refractivity contribution in [2.75, 3.05) is 37.5 Å². The molecule has 1 aliphatic carbocycles. The number of rotatable bonds is 10. The molecule has 0 aliphatic heterocycles. The number of amides is 2. The molecule has 9 nitrogen and oxygen atoms in total. The van der Waals surface area contributed by atoms with Crippen LogP contribution in [0.25, 0.3) is 0 Å². The maximum Gasteiger partial charge on any atom is 0.411 e. The fraction of sp³-hybridized carbons (Fsp3) is 0.391. The maximum atomic E-state index is 12.6. The molecule has 0 saturated carbocycles. The fourth-order valence-electron chi connectivity index (χ4n) is 3.53. The third-order valence-corrected chi connectivity index (χ3v) is 6.65. The highest BCUT2D eigenvalue weighted by Gasteiger charge is 2.18. The topological polar surface area (TPSA) is 123 Å². The molecule has 0 saturated heterocycles. The number of hydrogen-bond acceptors (Lipinski definition) is 6. The molecule has 1 aliphatic rings. The summed E-state index contributed by atoms with van der Waals surface area (Å²) < 4.78 is 37.4. The first-order valence-corrected chi connectivity index (χ1v) is 12.3. The number of aryl methyl sites for hydroxylation is 2. The first kappa shape index (κ1) is 24.7. The number of benzene rings is 2. The molecular weight excluding hydrogens is 446 g/mol.